The lowest BCUT2D eigenvalue weighted by atomic mass is 10.1. The largest absolute Gasteiger partial charge is 0.350 e. The van der Waals surface area contributed by atoms with Crippen LogP contribution in [0, 0.1) is 5.82 Å². The van der Waals surface area contributed by atoms with E-state index in [1.54, 1.807) is 24.3 Å². The Morgan fingerprint density at radius 2 is 2.00 bits per heavy atom. The number of amides is 1. The summed E-state index contributed by atoms with van der Waals surface area (Å²) >= 11 is 0. The van der Waals surface area contributed by atoms with Gasteiger partial charge in [-0.25, -0.2) is 4.39 Å². The van der Waals surface area contributed by atoms with E-state index >= 15 is 0 Å². The monoisotopic (exact) mass is 274 g/mol. The van der Waals surface area contributed by atoms with Crippen LogP contribution in [-0.2, 0) is 6.42 Å². The molecule has 0 bridgehead atoms. The number of hydrogen-bond donors (Lipinski definition) is 3. The lowest BCUT2D eigenvalue weighted by Crippen LogP contribution is -2.26. The van der Waals surface area contributed by atoms with Crippen molar-refractivity contribution in [2.45, 2.75) is 6.42 Å². The van der Waals surface area contributed by atoms with Gasteiger partial charge in [-0.3, -0.25) is 15.6 Å². The van der Waals surface area contributed by atoms with E-state index in [0.717, 1.165) is 5.56 Å². The molecule has 0 aliphatic rings. The molecule has 104 valence electrons. The molecule has 20 heavy (non-hydrogen) atoms. The van der Waals surface area contributed by atoms with E-state index in [-0.39, 0.29) is 11.7 Å². The average Bonchev–Trinajstić information content (AvgIpc) is 2.49. The van der Waals surface area contributed by atoms with Crippen LogP contribution in [0.25, 0.3) is 0 Å². The minimum Gasteiger partial charge on any atom is -0.350 e. The van der Waals surface area contributed by atoms with E-state index in [1.807, 2.05) is 0 Å². The minimum absolute atomic E-state index is 0.270. The number of rotatable bonds is 5. The molecule has 2 rings (SSSR count). The molecule has 6 heteroatoms. The fourth-order valence-electron chi connectivity index (χ4n) is 1.71. The van der Waals surface area contributed by atoms with Crippen LogP contribution in [0.3, 0.4) is 0 Å². The quantitative estimate of drug-likeness (QED) is 0.570. The molecule has 1 heterocycles. The zero-order valence-electron chi connectivity index (χ0n) is 10.8. The minimum atomic E-state index is -0.274. The van der Waals surface area contributed by atoms with Crippen LogP contribution in [0.5, 0.6) is 0 Å². The first-order valence-corrected chi connectivity index (χ1v) is 6.14. The highest BCUT2D eigenvalue weighted by Crippen LogP contribution is 2.06. The van der Waals surface area contributed by atoms with Crippen LogP contribution in [0.1, 0.15) is 16.1 Å². The van der Waals surface area contributed by atoms with Gasteiger partial charge in [0, 0.05) is 12.7 Å². The number of nitrogens with two attached hydrogens (primary N) is 1. The van der Waals surface area contributed by atoms with E-state index in [9.17, 15) is 9.18 Å². The molecule has 2 aromatic rings. The summed E-state index contributed by atoms with van der Waals surface area (Å²) in [5.74, 6) is 4.72. The maximum atomic E-state index is 12.7. The average molecular weight is 274 g/mol. The third-order valence-corrected chi connectivity index (χ3v) is 2.77. The Kier molecular flexibility index (Phi) is 4.62. The lowest BCUT2D eigenvalue weighted by molar-refractivity contribution is 0.0949. The highest BCUT2D eigenvalue weighted by Gasteiger charge is 2.07. The second-order valence-electron chi connectivity index (χ2n) is 4.21. The van der Waals surface area contributed by atoms with Gasteiger partial charge >= 0.3 is 0 Å². The molecule has 0 aliphatic carbocycles. The summed E-state index contributed by atoms with van der Waals surface area (Å²) in [6.07, 6.45) is 2.13. The van der Waals surface area contributed by atoms with Crippen LogP contribution in [0.2, 0.25) is 0 Å². The number of aromatic nitrogens is 1. The Labute approximate surface area is 116 Å². The molecule has 0 fully saturated rings. The van der Waals surface area contributed by atoms with Gasteiger partial charge in [-0.15, -0.1) is 0 Å². The number of carbonyl (C=O) groups is 1. The molecule has 0 radical (unpaired) electrons. The van der Waals surface area contributed by atoms with Gasteiger partial charge in [0.05, 0.1) is 5.69 Å². The normalized spacial score (nSPS) is 10.1. The van der Waals surface area contributed by atoms with Gasteiger partial charge in [-0.1, -0.05) is 12.1 Å². The van der Waals surface area contributed by atoms with Crippen molar-refractivity contribution in [1.29, 1.82) is 0 Å². The van der Waals surface area contributed by atoms with Gasteiger partial charge in [0.25, 0.3) is 5.91 Å². The number of anilines is 1. The molecule has 1 aromatic carbocycles. The Hall–Kier alpha value is -2.47. The molecule has 1 aromatic heterocycles. The molecule has 1 amide bonds. The number of hydrazine groups is 1. The summed E-state index contributed by atoms with van der Waals surface area (Å²) in [5, 5.41) is 2.75. The first-order chi connectivity index (χ1) is 9.69. The van der Waals surface area contributed by atoms with Crippen molar-refractivity contribution in [3.05, 3.63) is 59.7 Å². The van der Waals surface area contributed by atoms with Crippen LogP contribution in [0.4, 0.5) is 10.1 Å². The van der Waals surface area contributed by atoms with Gasteiger partial charge in [-0.05, 0) is 36.2 Å². The van der Waals surface area contributed by atoms with Gasteiger partial charge in [0.15, 0.2) is 0 Å². The molecular weight excluding hydrogens is 259 g/mol. The number of nitrogens with one attached hydrogen (secondary N) is 2. The zero-order valence-corrected chi connectivity index (χ0v) is 10.8. The van der Waals surface area contributed by atoms with Crippen molar-refractivity contribution < 1.29 is 9.18 Å². The highest BCUT2D eigenvalue weighted by atomic mass is 19.1. The van der Waals surface area contributed by atoms with Crippen LogP contribution >= 0.6 is 0 Å². The second-order valence-corrected chi connectivity index (χ2v) is 4.21. The van der Waals surface area contributed by atoms with Crippen molar-refractivity contribution >= 4 is 11.6 Å². The van der Waals surface area contributed by atoms with Crippen LogP contribution < -0.4 is 16.6 Å². The molecule has 0 spiro atoms. The Bertz CT molecular complexity index is 586. The summed E-state index contributed by atoms with van der Waals surface area (Å²) in [7, 11) is 0. The van der Waals surface area contributed by atoms with Crippen molar-refractivity contribution in [2.24, 2.45) is 5.84 Å². The SMILES string of the molecule is NNc1ccnc(C(=O)NCCc2ccc(F)cc2)c1. The maximum absolute atomic E-state index is 12.7. The standard InChI is InChI=1S/C14H15FN4O/c15-11-3-1-10(2-4-11)5-7-18-14(20)13-9-12(19-16)6-8-17-13/h1-4,6,8-9H,5,7,16H2,(H,17,19)(H,18,20). The number of benzene rings is 1. The fraction of sp³-hybridized carbons (Fsp3) is 0.143. The summed E-state index contributed by atoms with van der Waals surface area (Å²) in [5.41, 5.74) is 4.32. The van der Waals surface area contributed by atoms with E-state index in [0.29, 0.717) is 24.3 Å². The number of pyridine rings is 1. The third kappa shape index (κ3) is 3.76. The maximum Gasteiger partial charge on any atom is 0.269 e. The van der Waals surface area contributed by atoms with Crippen molar-refractivity contribution in [1.82, 2.24) is 10.3 Å². The highest BCUT2D eigenvalue weighted by molar-refractivity contribution is 5.93. The van der Waals surface area contributed by atoms with Crippen LogP contribution in [0.15, 0.2) is 42.6 Å². The number of nitrogens with zero attached hydrogens (tertiary/aromatic N) is 1. The van der Waals surface area contributed by atoms with Crippen molar-refractivity contribution in [3.63, 3.8) is 0 Å². The van der Waals surface area contributed by atoms with E-state index < -0.39 is 0 Å². The summed E-state index contributed by atoms with van der Waals surface area (Å²) in [4.78, 5) is 15.8. The van der Waals surface area contributed by atoms with Gasteiger partial charge in [0.1, 0.15) is 11.5 Å². The zero-order chi connectivity index (χ0) is 14.4. The molecule has 0 saturated carbocycles. The number of carbonyl (C=O) groups excluding carboxylic acids is 1. The molecular formula is C14H15FN4O. The summed E-state index contributed by atoms with van der Waals surface area (Å²) < 4.78 is 12.7. The lowest BCUT2D eigenvalue weighted by Gasteiger charge is -2.06. The molecule has 0 saturated heterocycles. The Morgan fingerprint density at radius 3 is 2.70 bits per heavy atom. The van der Waals surface area contributed by atoms with E-state index in [2.05, 4.69) is 15.7 Å². The number of nitrogen functional groups attached to an aromatic ring is 1. The summed E-state index contributed by atoms with van der Waals surface area (Å²) in [6.45, 7) is 0.451. The smallest absolute Gasteiger partial charge is 0.269 e. The van der Waals surface area contributed by atoms with Crippen molar-refractivity contribution in [2.75, 3.05) is 12.0 Å². The Balaban J connectivity index is 1.87. The summed E-state index contributed by atoms with van der Waals surface area (Å²) in [6, 6.07) is 9.41. The molecule has 0 atom stereocenters. The topological polar surface area (TPSA) is 80.0 Å². The van der Waals surface area contributed by atoms with Crippen LogP contribution in [-0.4, -0.2) is 17.4 Å². The van der Waals surface area contributed by atoms with Crippen molar-refractivity contribution in [3.8, 4) is 0 Å². The Morgan fingerprint density at radius 1 is 1.25 bits per heavy atom. The first-order valence-electron chi connectivity index (χ1n) is 6.14. The van der Waals surface area contributed by atoms with Gasteiger partial charge in [0.2, 0.25) is 0 Å². The molecule has 5 nitrogen and oxygen atoms in total. The van der Waals surface area contributed by atoms with Gasteiger partial charge < -0.3 is 10.7 Å². The third-order valence-electron chi connectivity index (χ3n) is 2.77. The predicted octanol–water partition coefficient (Wildman–Crippen LogP) is 1.48. The molecule has 0 unspecified atom stereocenters. The number of hydrogen-bond acceptors (Lipinski definition) is 4. The molecule has 4 N–H and O–H groups in total. The predicted molar refractivity (Wildman–Crippen MR) is 74.5 cm³/mol. The molecule has 0 aliphatic heterocycles. The first kappa shape index (κ1) is 14.0. The number of halogens is 1. The van der Waals surface area contributed by atoms with Gasteiger partial charge in [-0.2, -0.15) is 0 Å². The second kappa shape index (κ2) is 6.63. The van der Waals surface area contributed by atoms with E-state index in [1.165, 1.54) is 18.3 Å². The van der Waals surface area contributed by atoms with E-state index in [4.69, 9.17) is 5.84 Å². The fourth-order valence-corrected chi connectivity index (χ4v) is 1.71.